The van der Waals surface area contributed by atoms with E-state index in [2.05, 4.69) is 51.0 Å². The number of furan rings is 1. The second-order valence-corrected chi connectivity index (χ2v) is 7.47. The highest BCUT2D eigenvalue weighted by molar-refractivity contribution is 9.11. The third-order valence-electron chi connectivity index (χ3n) is 3.81. The lowest BCUT2D eigenvalue weighted by Crippen LogP contribution is -2.22. The molecule has 1 heterocycles. The Morgan fingerprint density at radius 2 is 2.10 bits per heavy atom. The molecule has 3 rings (SSSR count). The largest absolute Gasteiger partial charge is 0.496 e. The number of halogens is 2. The maximum atomic E-state index is 6.17. The maximum absolute atomic E-state index is 6.17. The van der Waals surface area contributed by atoms with E-state index in [0.717, 1.165) is 38.0 Å². The van der Waals surface area contributed by atoms with Crippen LogP contribution in [0.2, 0.25) is 0 Å². The molecule has 0 bridgehead atoms. The zero-order valence-corrected chi connectivity index (χ0v) is 15.6. The van der Waals surface area contributed by atoms with Gasteiger partial charge in [0.15, 0.2) is 0 Å². The van der Waals surface area contributed by atoms with Crippen LogP contribution in [0.4, 0.5) is 0 Å². The Kier molecular flexibility index (Phi) is 4.35. The molecule has 114 valence electrons. The molecular weight excluding hydrogens is 398 g/mol. The molecule has 1 aromatic carbocycles. The van der Waals surface area contributed by atoms with E-state index in [9.17, 15) is 0 Å². The van der Waals surface area contributed by atoms with Crippen LogP contribution in [0, 0.1) is 0 Å². The molecule has 2 aromatic rings. The minimum Gasteiger partial charge on any atom is -0.496 e. The minimum absolute atomic E-state index is 0.437. The van der Waals surface area contributed by atoms with E-state index in [1.807, 2.05) is 6.07 Å². The van der Waals surface area contributed by atoms with E-state index in [-0.39, 0.29) is 0 Å². The number of methoxy groups -OCH3 is 1. The van der Waals surface area contributed by atoms with Crippen LogP contribution in [0.25, 0.3) is 11.0 Å². The first-order valence-electron chi connectivity index (χ1n) is 7.23. The van der Waals surface area contributed by atoms with E-state index in [1.54, 1.807) is 7.11 Å². The molecule has 0 unspecified atom stereocenters. The zero-order chi connectivity index (χ0) is 15.1. The normalized spacial score (nSPS) is 15.1. The number of fused-ring (bicyclic) bond motifs is 1. The Morgan fingerprint density at radius 1 is 1.38 bits per heavy atom. The third kappa shape index (κ3) is 2.88. The molecule has 0 amide bonds. The van der Waals surface area contributed by atoms with Crippen LogP contribution < -0.4 is 10.1 Å². The van der Waals surface area contributed by atoms with Crippen molar-refractivity contribution in [1.82, 2.24) is 5.32 Å². The fourth-order valence-corrected chi connectivity index (χ4v) is 3.78. The van der Waals surface area contributed by atoms with Crippen molar-refractivity contribution in [2.45, 2.75) is 45.2 Å². The first-order valence-corrected chi connectivity index (χ1v) is 8.82. The van der Waals surface area contributed by atoms with Crippen molar-refractivity contribution in [3.8, 4) is 5.75 Å². The van der Waals surface area contributed by atoms with Crippen molar-refractivity contribution in [2.24, 2.45) is 0 Å². The molecule has 0 aliphatic heterocycles. The fraction of sp³-hybridized carbons (Fsp3) is 0.500. The van der Waals surface area contributed by atoms with Gasteiger partial charge in [0, 0.05) is 17.0 Å². The Morgan fingerprint density at radius 3 is 2.67 bits per heavy atom. The topological polar surface area (TPSA) is 34.4 Å². The van der Waals surface area contributed by atoms with Gasteiger partial charge in [-0.25, -0.2) is 0 Å². The summed E-state index contributed by atoms with van der Waals surface area (Å²) in [4.78, 5) is 0. The molecule has 1 saturated carbocycles. The lowest BCUT2D eigenvalue weighted by molar-refractivity contribution is 0.412. The summed E-state index contributed by atoms with van der Waals surface area (Å²) >= 11 is 7.30. The van der Waals surface area contributed by atoms with Crippen molar-refractivity contribution >= 4 is 42.8 Å². The molecule has 1 aliphatic rings. The predicted molar refractivity (Wildman–Crippen MR) is 92.1 cm³/mol. The molecule has 0 spiro atoms. The van der Waals surface area contributed by atoms with Gasteiger partial charge >= 0.3 is 0 Å². The number of hydrogen-bond acceptors (Lipinski definition) is 3. The van der Waals surface area contributed by atoms with Crippen molar-refractivity contribution in [3.05, 3.63) is 26.3 Å². The van der Waals surface area contributed by atoms with Crippen LogP contribution in [0.5, 0.6) is 5.75 Å². The summed E-state index contributed by atoms with van der Waals surface area (Å²) in [5.41, 5.74) is 2.25. The standard InChI is InChI=1S/C16H19Br2NO2/c1-8(2)19-7-12-13(9-4-5-9)14-15(18)11(20-3)6-10(17)16(14)21-12/h6,8-9,19H,4-5,7H2,1-3H3. The number of rotatable bonds is 5. The Bertz CT molecular complexity index is 675. The second-order valence-electron chi connectivity index (χ2n) is 5.83. The van der Waals surface area contributed by atoms with Crippen LogP contribution >= 0.6 is 31.9 Å². The molecule has 1 fully saturated rings. The summed E-state index contributed by atoms with van der Waals surface area (Å²) in [7, 11) is 1.69. The third-order valence-corrected chi connectivity index (χ3v) is 5.19. The van der Waals surface area contributed by atoms with Gasteiger partial charge in [-0.1, -0.05) is 13.8 Å². The van der Waals surface area contributed by atoms with E-state index in [1.165, 1.54) is 18.4 Å². The molecule has 1 aliphatic carbocycles. The SMILES string of the molecule is COc1cc(Br)c2oc(CNC(C)C)c(C3CC3)c2c1Br. The van der Waals surface area contributed by atoms with Gasteiger partial charge in [0.1, 0.15) is 17.1 Å². The predicted octanol–water partition coefficient (Wildman–Crippen LogP) is 5.34. The zero-order valence-electron chi connectivity index (χ0n) is 12.4. The maximum Gasteiger partial charge on any atom is 0.150 e. The van der Waals surface area contributed by atoms with Crippen molar-refractivity contribution in [2.75, 3.05) is 7.11 Å². The van der Waals surface area contributed by atoms with Gasteiger partial charge < -0.3 is 14.5 Å². The summed E-state index contributed by atoms with van der Waals surface area (Å²) in [6.45, 7) is 5.06. The van der Waals surface area contributed by atoms with Crippen molar-refractivity contribution in [1.29, 1.82) is 0 Å². The first kappa shape index (κ1) is 15.4. The summed E-state index contributed by atoms with van der Waals surface area (Å²) in [6.07, 6.45) is 2.48. The van der Waals surface area contributed by atoms with Gasteiger partial charge in [0.25, 0.3) is 0 Å². The average molecular weight is 417 g/mol. The summed E-state index contributed by atoms with van der Waals surface area (Å²) in [5, 5.41) is 4.61. The van der Waals surface area contributed by atoms with Gasteiger partial charge in [-0.3, -0.25) is 0 Å². The number of ether oxygens (including phenoxy) is 1. The number of hydrogen-bond donors (Lipinski definition) is 1. The number of benzene rings is 1. The number of nitrogens with one attached hydrogen (secondary N) is 1. The van der Waals surface area contributed by atoms with Crippen LogP contribution in [-0.2, 0) is 6.54 Å². The molecule has 0 saturated heterocycles. The molecule has 1 N–H and O–H groups in total. The second kappa shape index (κ2) is 5.94. The Balaban J connectivity index is 2.18. The highest BCUT2D eigenvalue weighted by Gasteiger charge is 2.33. The fourth-order valence-electron chi connectivity index (χ4n) is 2.62. The monoisotopic (exact) mass is 415 g/mol. The molecule has 3 nitrogen and oxygen atoms in total. The quantitative estimate of drug-likeness (QED) is 0.713. The van der Waals surface area contributed by atoms with E-state index in [0.29, 0.717) is 12.0 Å². The van der Waals surface area contributed by atoms with Gasteiger partial charge in [-0.2, -0.15) is 0 Å². The van der Waals surface area contributed by atoms with Crippen LogP contribution in [0.1, 0.15) is 43.9 Å². The Labute approximate surface area is 141 Å². The van der Waals surface area contributed by atoms with Crippen molar-refractivity contribution < 1.29 is 9.15 Å². The van der Waals surface area contributed by atoms with Crippen molar-refractivity contribution in [3.63, 3.8) is 0 Å². The van der Waals surface area contributed by atoms with E-state index in [4.69, 9.17) is 9.15 Å². The average Bonchev–Trinajstić information content (AvgIpc) is 3.20. The molecular formula is C16H19Br2NO2. The lowest BCUT2D eigenvalue weighted by atomic mass is 10.1. The van der Waals surface area contributed by atoms with Gasteiger partial charge in [0.05, 0.1) is 22.6 Å². The van der Waals surface area contributed by atoms with Gasteiger partial charge in [-0.15, -0.1) is 0 Å². The van der Waals surface area contributed by atoms with Crippen LogP contribution in [-0.4, -0.2) is 13.2 Å². The van der Waals surface area contributed by atoms with E-state index >= 15 is 0 Å². The summed E-state index contributed by atoms with van der Waals surface area (Å²) in [5.74, 6) is 2.50. The first-order chi connectivity index (χ1) is 10.0. The van der Waals surface area contributed by atoms with Crippen LogP contribution in [0.15, 0.2) is 19.4 Å². The highest BCUT2D eigenvalue weighted by Crippen LogP contribution is 2.51. The van der Waals surface area contributed by atoms with E-state index < -0.39 is 0 Å². The summed E-state index contributed by atoms with van der Waals surface area (Å²) < 4.78 is 13.6. The minimum atomic E-state index is 0.437. The molecule has 5 heteroatoms. The molecule has 21 heavy (non-hydrogen) atoms. The van der Waals surface area contributed by atoms with Crippen LogP contribution in [0.3, 0.4) is 0 Å². The molecule has 1 aromatic heterocycles. The molecule has 0 atom stereocenters. The summed E-state index contributed by atoms with van der Waals surface area (Å²) in [6, 6.07) is 2.39. The Hall–Kier alpha value is -0.520. The van der Waals surface area contributed by atoms with Gasteiger partial charge in [-0.05, 0) is 56.7 Å². The highest BCUT2D eigenvalue weighted by atomic mass is 79.9. The smallest absolute Gasteiger partial charge is 0.150 e. The lowest BCUT2D eigenvalue weighted by Gasteiger charge is -2.08. The van der Waals surface area contributed by atoms with Gasteiger partial charge in [0.2, 0.25) is 0 Å². The molecule has 0 radical (unpaired) electrons.